The molecule has 0 aliphatic carbocycles. The van der Waals surface area contributed by atoms with Crippen LogP contribution in [0.3, 0.4) is 0 Å². The van der Waals surface area contributed by atoms with Crippen LogP contribution in [-0.2, 0) is 4.79 Å². The average molecular weight is 385 g/mol. The Hall–Kier alpha value is -2.60. The van der Waals surface area contributed by atoms with E-state index in [-0.39, 0.29) is 24.7 Å². The van der Waals surface area contributed by atoms with E-state index in [1.54, 1.807) is 35.2 Å². The molecule has 2 aromatic rings. The first-order valence-corrected chi connectivity index (χ1v) is 9.82. The van der Waals surface area contributed by atoms with E-state index in [2.05, 4.69) is 0 Å². The van der Waals surface area contributed by atoms with Gasteiger partial charge in [-0.2, -0.15) is 0 Å². The molecule has 2 aromatic carbocycles. The Bertz CT molecular complexity index is 792. The minimum atomic E-state index is -0.923. The fraction of sp³-hybridized carbons (Fsp3) is 0.286. The summed E-state index contributed by atoms with van der Waals surface area (Å²) in [5, 5.41) is 8.87. The van der Waals surface area contributed by atoms with Crippen LogP contribution < -0.4 is 0 Å². The van der Waals surface area contributed by atoms with Crippen LogP contribution in [0.2, 0.25) is 0 Å². The van der Waals surface area contributed by atoms with Gasteiger partial charge in [-0.15, -0.1) is 11.8 Å². The first kappa shape index (κ1) is 20.7. The SMILES string of the molecule is CCCN(CCC(=O)O)C(=O)c1cccc(SCC(=O)c2ccccc2)c1. The lowest BCUT2D eigenvalue weighted by Crippen LogP contribution is -2.33. The van der Waals surface area contributed by atoms with Gasteiger partial charge in [-0.3, -0.25) is 14.4 Å². The number of ketones is 1. The first-order chi connectivity index (χ1) is 13.0. The van der Waals surface area contributed by atoms with Gasteiger partial charge >= 0.3 is 5.97 Å². The number of Topliss-reactive ketones (excluding diaryl/α,β-unsaturated/α-hetero) is 1. The Balaban J connectivity index is 2.03. The highest BCUT2D eigenvalue weighted by Crippen LogP contribution is 2.21. The van der Waals surface area contributed by atoms with E-state index < -0.39 is 5.97 Å². The lowest BCUT2D eigenvalue weighted by atomic mass is 10.2. The van der Waals surface area contributed by atoms with Crippen molar-refractivity contribution in [1.82, 2.24) is 4.90 Å². The number of thioether (sulfide) groups is 1. The minimum absolute atomic E-state index is 0.0337. The average Bonchev–Trinajstić information content (AvgIpc) is 2.69. The Labute approximate surface area is 163 Å². The molecule has 0 atom stereocenters. The molecule has 1 amide bonds. The summed E-state index contributed by atoms with van der Waals surface area (Å²) in [7, 11) is 0. The Morgan fingerprint density at radius 2 is 1.67 bits per heavy atom. The van der Waals surface area contributed by atoms with Gasteiger partial charge in [0.25, 0.3) is 5.91 Å². The predicted molar refractivity (Wildman–Crippen MR) is 106 cm³/mol. The highest BCUT2D eigenvalue weighted by Gasteiger charge is 2.16. The minimum Gasteiger partial charge on any atom is -0.481 e. The second-order valence-corrected chi connectivity index (χ2v) is 7.09. The molecule has 0 bridgehead atoms. The number of hydrogen-bond donors (Lipinski definition) is 1. The molecule has 0 saturated heterocycles. The quantitative estimate of drug-likeness (QED) is 0.494. The van der Waals surface area contributed by atoms with Gasteiger partial charge in [0.2, 0.25) is 0 Å². The zero-order valence-corrected chi connectivity index (χ0v) is 16.1. The summed E-state index contributed by atoms with van der Waals surface area (Å²) >= 11 is 1.38. The molecule has 0 aliphatic heterocycles. The van der Waals surface area contributed by atoms with Crippen LogP contribution >= 0.6 is 11.8 Å². The maximum atomic E-state index is 12.7. The maximum Gasteiger partial charge on any atom is 0.305 e. The summed E-state index contributed by atoms with van der Waals surface area (Å²) in [5.41, 5.74) is 1.17. The number of benzene rings is 2. The Kier molecular flexibility index (Phi) is 8.07. The molecule has 0 unspecified atom stereocenters. The molecular formula is C21H23NO4S. The monoisotopic (exact) mass is 385 g/mol. The van der Waals surface area contributed by atoms with E-state index in [4.69, 9.17) is 5.11 Å². The lowest BCUT2D eigenvalue weighted by molar-refractivity contribution is -0.137. The molecule has 2 rings (SSSR count). The normalized spacial score (nSPS) is 10.4. The van der Waals surface area contributed by atoms with Crippen LogP contribution in [0.25, 0.3) is 0 Å². The predicted octanol–water partition coefficient (Wildman–Crippen LogP) is 3.99. The molecule has 6 heteroatoms. The molecular weight excluding hydrogens is 362 g/mol. The highest BCUT2D eigenvalue weighted by atomic mass is 32.2. The fourth-order valence-electron chi connectivity index (χ4n) is 2.57. The number of carbonyl (C=O) groups excluding carboxylic acids is 2. The smallest absolute Gasteiger partial charge is 0.305 e. The number of aliphatic carboxylic acids is 1. The Morgan fingerprint density at radius 3 is 2.33 bits per heavy atom. The van der Waals surface area contributed by atoms with Crippen LogP contribution in [0.4, 0.5) is 0 Å². The molecule has 0 aromatic heterocycles. The molecule has 27 heavy (non-hydrogen) atoms. The van der Waals surface area contributed by atoms with E-state index >= 15 is 0 Å². The van der Waals surface area contributed by atoms with E-state index in [1.165, 1.54) is 11.8 Å². The number of amides is 1. The first-order valence-electron chi connectivity index (χ1n) is 8.83. The zero-order chi connectivity index (χ0) is 19.6. The fourth-order valence-corrected chi connectivity index (χ4v) is 3.42. The second-order valence-electron chi connectivity index (χ2n) is 6.04. The van der Waals surface area contributed by atoms with Crippen molar-refractivity contribution in [3.63, 3.8) is 0 Å². The van der Waals surface area contributed by atoms with Crippen molar-refractivity contribution in [2.75, 3.05) is 18.8 Å². The number of carboxylic acid groups (broad SMARTS) is 1. The molecule has 142 valence electrons. The van der Waals surface area contributed by atoms with Crippen molar-refractivity contribution in [2.45, 2.75) is 24.7 Å². The molecule has 0 radical (unpaired) electrons. The van der Waals surface area contributed by atoms with E-state index in [0.717, 1.165) is 11.3 Å². The van der Waals surface area contributed by atoms with Gasteiger partial charge in [-0.05, 0) is 24.6 Å². The van der Waals surface area contributed by atoms with Crippen LogP contribution in [0, 0.1) is 0 Å². The number of rotatable bonds is 10. The summed E-state index contributed by atoms with van der Waals surface area (Å²) in [6, 6.07) is 16.2. The van der Waals surface area contributed by atoms with Gasteiger partial charge in [-0.25, -0.2) is 0 Å². The molecule has 0 heterocycles. The number of hydrogen-bond acceptors (Lipinski definition) is 4. The largest absolute Gasteiger partial charge is 0.481 e. The zero-order valence-electron chi connectivity index (χ0n) is 15.3. The van der Waals surface area contributed by atoms with Crippen LogP contribution in [0.5, 0.6) is 0 Å². The summed E-state index contributed by atoms with van der Waals surface area (Å²) in [4.78, 5) is 38.2. The van der Waals surface area contributed by atoms with Crippen molar-refractivity contribution >= 4 is 29.4 Å². The summed E-state index contributed by atoms with van der Waals surface area (Å²) in [6.07, 6.45) is 0.678. The third kappa shape index (κ3) is 6.57. The molecule has 0 fully saturated rings. The van der Waals surface area contributed by atoms with Crippen LogP contribution in [-0.4, -0.2) is 46.5 Å². The number of nitrogens with zero attached hydrogens (tertiary/aromatic N) is 1. The van der Waals surface area contributed by atoms with E-state index in [1.807, 2.05) is 31.2 Å². The van der Waals surface area contributed by atoms with Crippen LogP contribution in [0.1, 0.15) is 40.5 Å². The van der Waals surface area contributed by atoms with Crippen molar-refractivity contribution in [2.24, 2.45) is 0 Å². The van der Waals surface area contributed by atoms with Gasteiger partial charge < -0.3 is 10.0 Å². The summed E-state index contributed by atoms with van der Waals surface area (Å²) in [6.45, 7) is 2.64. The van der Waals surface area contributed by atoms with Crippen LogP contribution in [0.15, 0.2) is 59.5 Å². The topological polar surface area (TPSA) is 74.7 Å². The lowest BCUT2D eigenvalue weighted by Gasteiger charge is -2.21. The molecule has 0 saturated carbocycles. The standard InChI is InChI=1S/C21H23NO4S/c1-2-12-22(13-11-20(24)25)21(26)17-9-6-10-18(14-17)27-15-19(23)16-7-4-3-5-8-16/h3-10,14H,2,11-13,15H2,1H3,(H,24,25). The maximum absolute atomic E-state index is 12.7. The molecule has 5 nitrogen and oxygen atoms in total. The third-order valence-corrected chi connectivity index (χ3v) is 4.92. The third-order valence-electron chi connectivity index (χ3n) is 3.92. The van der Waals surface area contributed by atoms with Gasteiger partial charge in [0, 0.05) is 29.1 Å². The number of carboxylic acids is 1. The summed E-state index contributed by atoms with van der Waals surface area (Å²) < 4.78 is 0. The van der Waals surface area contributed by atoms with Crippen molar-refractivity contribution in [3.8, 4) is 0 Å². The second kappa shape index (κ2) is 10.5. The van der Waals surface area contributed by atoms with Gasteiger partial charge in [0.15, 0.2) is 5.78 Å². The molecule has 0 spiro atoms. The van der Waals surface area contributed by atoms with E-state index in [0.29, 0.717) is 23.4 Å². The summed E-state index contributed by atoms with van der Waals surface area (Å²) in [5.74, 6) is -0.784. The number of carbonyl (C=O) groups is 3. The van der Waals surface area contributed by atoms with Gasteiger partial charge in [-0.1, -0.05) is 43.3 Å². The molecule has 0 aliphatic rings. The highest BCUT2D eigenvalue weighted by molar-refractivity contribution is 8.00. The van der Waals surface area contributed by atoms with Gasteiger partial charge in [0.05, 0.1) is 12.2 Å². The molecule has 1 N–H and O–H groups in total. The Morgan fingerprint density at radius 1 is 0.963 bits per heavy atom. The van der Waals surface area contributed by atoms with Crippen molar-refractivity contribution < 1.29 is 19.5 Å². The van der Waals surface area contributed by atoms with Crippen molar-refractivity contribution in [3.05, 3.63) is 65.7 Å². The van der Waals surface area contributed by atoms with Crippen molar-refractivity contribution in [1.29, 1.82) is 0 Å². The van der Waals surface area contributed by atoms with Gasteiger partial charge in [0.1, 0.15) is 0 Å². The van der Waals surface area contributed by atoms with E-state index in [9.17, 15) is 14.4 Å².